The first kappa shape index (κ1) is 15.5. The van der Waals surface area contributed by atoms with Crippen LogP contribution in [-0.4, -0.2) is 19.8 Å². The van der Waals surface area contributed by atoms with Crippen molar-refractivity contribution in [1.82, 2.24) is 19.8 Å². The van der Waals surface area contributed by atoms with Crippen molar-refractivity contribution in [2.45, 2.75) is 0 Å². The number of fused-ring (bicyclic) bond motifs is 1. The van der Waals surface area contributed by atoms with Crippen molar-refractivity contribution in [3.05, 3.63) is 71.5 Å². The highest BCUT2D eigenvalue weighted by atomic mass is 35.5. The van der Waals surface area contributed by atoms with Crippen LogP contribution in [0.25, 0.3) is 16.8 Å². The summed E-state index contributed by atoms with van der Waals surface area (Å²) in [5.74, 6) is -0.220. The summed E-state index contributed by atoms with van der Waals surface area (Å²) in [6.45, 7) is 0. The molecule has 2 heterocycles. The monoisotopic (exact) mass is 358 g/mol. The van der Waals surface area contributed by atoms with Gasteiger partial charge in [0, 0.05) is 11.6 Å². The third-order valence-corrected chi connectivity index (χ3v) is 3.75. The molecule has 25 heavy (non-hydrogen) atoms. The van der Waals surface area contributed by atoms with E-state index in [4.69, 9.17) is 16.3 Å². The van der Waals surface area contributed by atoms with Gasteiger partial charge >= 0.3 is 0 Å². The molecule has 0 atom stereocenters. The van der Waals surface area contributed by atoms with Crippen LogP contribution in [0.3, 0.4) is 0 Å². The van der Waals surface area contributed by atoms with Gasteiger partial charge < -0.3 is 4.74 Å². The van der Waals surface area contributed by atoms with Gasteiger partial charge in [-0.2, -0.15) is 4.52 Å². The second-order valence-corrected chi connectivity index (χ2v) is 5.50. The summed E-state index contributed by atoms with van der Waals surface area (Å²) in [5, 5.41) is 11.8. The van der Waals surface area contributed by atoms with Crippen molar-refractivity contribution in [1.29, 1.82) is 0 Å². The third kappa shape index (κ3) is 3.01. The van der Waals surface area contributed by atoms with Crippen molar-refractivity contribution < 1.29 is 13.5 Å². The largest absolute Gasteiger partial charge is 0.437 e. The lowest BCUT2D eigenvalue weighted by Gasteiger charge is -2.11. The molecule has 2 aromatic heterocycles. The van der Waals surface area contributed by atoms with Crippen molar-refractivity contribution in [2.24, 2.45) is 0 Å². The smallest absolute Gasteiger partial charge is 0.246 e. The molecule has 4 aromatic rings. The zero-order chi connectivity index (χ0) is 17.4. The van der Waals surface area contributed by atoms with Crippen LogP contribution in [0, 0.1) is 11.6 Å². The Morgan fingerprint density at radius 1 is 0.880 bits per heavy atom. The van der Waals surface area contributed by atoms with E-state index >= 15 is 0 Å². The summed E-state index contributed by atoms with van der Waals surface area (Å²) < 4.78 is 33.9. The van der Waals surface area contributed by atoms with Gasteiger partial charge in [0.2, 0.25) is 11.2 Å². The lowest BCUT2D eigenvalue weighted by atomic mass is 10.0. The molecular formula is C17H9ClF2N4O. The van der Waals surface area contributed by atoms with Gasteiger partial charge in [0.1, 0.15) is 17.4 Å². The Balaban J connectivity index is 1.76. The molecule has 0 aliphatic rings. The Labute approximate surface area is 145 Å². The van der Waals surface area contributed by atoms with Crippen molar-refractivity contribution in [3.8, 4) is 22.8 Å². The van der Waals surface area contributed by atoms with Gasteiger partial charge in [-0.05, 0) is 53.6 Å². The Morgan fingerprint density at radius 3 is 2.44 bits per heavy atom. The number of aromatic nitrogens is 4. The minimum Gasteiger partial charge on any atom is -0.437 e. The summed E-state index contributed by atoms with van der Waals surface area (Å²) in [6, 6.07) is 13.0. The maximum absolute atomic E-state index is 13.7. The average Bonchev–Trinajstić information content (AvgIpc) is 2.98. The fraction of sp³-hybridized carbons (Fsp3) is 0. The molecule has 2 aromatic carbocycles. The topological polar surface area (TPSA) is 52.3 Å². The van der Waals surface area contributed by atoms with Crippen LogP contribution in [0.4, 0.5) is 8.78 Å². The quantitative estimate of drug-likeness (QED) is 0.540. The highest BCUT2D eigenvalue weighted by Crippen LogP contribution is 2.33. The van der Waals surface area contributed by atoms with E-state index in [1.54, 1.807) is 24.3 Å². The van der Waals surface area contributed by atoms with Crippen LogP contribution in [0.15, 0.2) is 54.6 Å². The lowest BCUT2D eigenvalue weighted by Crippen LogP contribution is -1.97. The van der Waals surface area contributed by atoms with Crippen LogP contribution in [-0.2, 0) is 0 Å². The lowest BCUT2D eigenvalue weighted by molar-refractivity contribution is 0.452. The summed E-state index contributed by atoms with van der Waals surface area (Å²) in [4.78, 5) is 0. The molecule has 0 saturated heterocycles. The first-order chi connectivity index (χ1) is 12.1. The Morgan fingerprint density at radius 2 is 1.64 bits per heavy atom. The molecule has 8 heteroatoms. The van der Waals surface area contributed by atoms with E-state index in [-0.39, 0.29) is 17.0 Å². The summed E-state index contributed by atoms with van der Waals surface area (Å²) in [6.07, 6.45) is 0. The molecule has 0 bridgehead atoms. The number of nitrogens with zero attached hydrogens (tertiary/aromatic N) is 4. The fourth-order valence-electron chi connectivity index (χ4n) is 2.36. The standard InChI is InChI=1S/C17H9ClF2N4O/c18-17-22-21-15-7-8-16(23-24(15)17)25-14-6-5-12(20)9-13(14)10-1-3-11(19)4-2-10/h1-9H. The number of rotatable bonds is 3. The Kier molecular flexibility index (Phi) is 3.77. The number of benzene rings is 2. The zero-order valence-corrected chi connectivity index (χ0v) is 13.3. The Hall–Kier alpha value is -3.06. The van der Waals surface area contributed by atoms with Gasteiger partial charge in [0.15, 0.2) is 5.65 Å². The first-order valence-corrected chi connectivity index (χ1v) is 7.59. The second-order valence-electron chi connectivity index (χ2n) is 5.16. The number of ether oxygens (including phenoxy) is 1. The minimum absolute atomic E-state index is 0.0957. The molecule has 4 rings (SSSR count). The molecular weight excluding hydrogens is 350 g/mol. The summed E-state index contributed by atoms with van der Waals surface area (Å²) in [7, 11) is 0. The van der Waals surface area contributed by atoms with Gasteiger partial charge in [-0.1, -0.05) is 12.1 Å². The highest BCUT2D eigenvalue weighted by Gasteiger charge is 2.12. The van der Waals surface area contributed by atoms with Crippen molar-refractivity contribution >= 4 is 17.2 Å². The number of hydrogen-bond donors (Lipinski definition) is 0. The highest BCUT2D eigenvalue weighted by molar-refractivity contribution is 6.28. The normalized spacial score (nSPS) is 11.0. The van der Waals surface area contributed by atoms with E-state index in [2.05, 4.69) is 15.3 Å². The van der Waals surface area contributed by atoms with E-state index in [1.165, 1.54) is 34.8 Å². The molecule has 5 nitrogen and oxygen atoms in total. The predicted molar refractivity (Wildman–Crippen MR) is 87.7 cm³/mol. The molecule has 0 aliphatic heterocycles. The van der Waals surface area contributed by atoms with Gasteiger partial charge in [-0.15, -0.1) is 15.3 Å². The van der Waals surface area contributed by atoms with Crippen LogP contribution < -0.4 is 4.74 Å². The maximum Gasteiger partial charge on any atom is 0.246 e. The average molecular weight is 359 g/mol. The molecule has 0 radical (unpaired) electrons. The first-order valence-electron chi connectivity index (χ1n) is 7.21. The van der Waals surface area contributed by atoms with Gasteiger partial charge in [-0.3, -0.25) is 0 Å². The van der Waals surface area contributed by atoms with Crippen LogP contribution in [0.2, 0.25) is 5.28 Å². The van der Waals surface area contributed by atoms with Gasteiger partial charge in [0.05, 0.1) is 0 Å². The molecule has 0 amide bonds. The van der Waals surface area contributed by atoms with E-state index in [0.29, 0.717) is 22.5 Å². The molecule has 0 fully saturated rings. The Bertz CT molecular complexity index is 1070. The van der Waals surface area contributed by atoms with Gasteiger partial charge in [0.25, 0.3) is 0 Å². The second kappa shape index (κ2) is 6.10. The molecule has 0 N–H and O–H groups in total. The third-order valence-electron chi connectivity index (χ3n) is 3.51. The van der Waals surface area contributed by atoms with E-state index in [1.807, 2.05) is 0 Å². The molecule has 0 spiro atoms. The minimum atomic E-state index is -0.433. The van der Waals surface area contributed by atoms with Crippen molar-refractivity contribution in [2.75, 3.05) is 0 Å². The zero-order valence-electron chi connectivity index (χ0n) is 12.5. The van der Waals surface area contributed by atoms with Crippen molar-refractivity contribution in [3.63, 3.8) is 0 Å². The van der Waals surface area contributed by atoms with Crippen LogP contribution in [0.1, 0.15) is 0 Å². The molecule has 0 unspecified atom stereocenters. The SMILES string of the molecule is Fc1ccc(-c2cc(F)ccc2Oc2ccc3nnc(Cl)n3n2)cc1. The van der Waals surface area contributed by atoms with E-state index < -0.39 is 5.82 Å². The van der Waals surface area contributed by atoms with Gasteiger partial charge in [-0.25, -0.2) is 8.78 Å². The number of halogens is 3. The molecule has 0 saturated carbocycles. The van der Waals surface area contributed by atoms with Crippen LogP contribution >= 0.6 is 11.6 Å². The summed E-state index contributed by atoms with van der Waals surface area (Å²) in [5.41, 5.74) is 1.55. The molecule has 124 valence electrons. The fourth-order valence-corrected chi connectivity index (χ4v) is 2.52. The predicted octanol–water partition coefficient (Wildman–Crippen LogP) is 4.52. The molecule has 0 aliphatic carbocycles. The van der Waals surface area contributed by atoms with E-state index in [0.717, 1.165) is 0 Å². The maximum atomic E-state index is 13.7. The van der Waals surface area contributed by atoms with E-state index in [9.17, 15) is 8.78 Å². The van der Waals surface area contributed by atoms with Crippen LogP contribution in [0.5, 0.6) is 11.6 Å². The summed E-state index contributed by atoms with van der Waals surface area (Å²) >= 11 is 5.90. The number of hydrogen-bond acceptors (Lipinski definition) is 4.